The maximum Gasteiger partial charge on any atom is 0.141 e. The molecule has 3 aromatic rings. The van der Waals surface area contributed by atoms with Gasteiger partial charge in [-0.15, -0.1) is 5.10 Å². The average molecular weight is 267 g/mol. The Hall–Kier alpha value is -2.89. The van der Waals surface area contributed by atoms with Crippen molar-refractivity contribution in [1.82, 2.24) is 20.0 Å². The lowest BCUT2D eigenvalue weighted by Gasteiger charge is -2.06. The van der Waals surface area contributed by atoms with E-state index in [0.717, 1.165) is 11.4 Å². The predicted molar refractivity (Wildman–Crippen MR) is 75.6 cm³/mol. The first-order valence-electron chi connectivity index (χ1n) is 6.05. The average Bonchev–Trinajstić information content (AvgIpc) is 2.98. The molecule has 6 nitrogen and oxygen atoms in total. The first kappa shape index (κ1) is 12.2. The molecule has 0 fully saturated rings. The minimum absolute atomic E-state index is 0.555. The highest BCUT2D eigenvalue weighted by Gasteiger charge is 2.07. The third-order valence-corrected chi connectivity index (χ3v) is 2.90. The molecule has 0 radical (unpaired) electrons. The van der Waals surface area contributed by atoms with Gasteiger partial charge >= 0.3 is 0 Å². The summed E-state index contributed by atoms with van der Waals surface area (Å²) in [6, 6.07) is 11.1. The van der Waals surface area contributed by atoms with Crippen molar-refractivity contribution in [2.24, 2.45) is 0 Å². The van der Waals surface area contributed by atoms with Crippen molar-refractivity contribution in [3.05, 3.63) is 48.8 Å². The van der Waals surface area contributed by atoms with Gasteiger partial charge in [0, 0.05) is 6.20 Å². The number of hydrogen-bond acceptors (Lipinski definition) is 5. The van der Waals surface area contributed by atoms with E-state index in [1.54, 1.807) is 30.1 Å². The minimum atomic E-state index is 0.555. The maximum atomic E-state index is 5.89. The zero-order valence-electron chi connectivity index (χ0n) is 10.9. The van der Waals surface area contributed by atoms with Gasteiger partial charge in [-0.2, -0.15) is 0 Å². The number of nitrogen functional groups attached to an aromatic ring is 1. The summed E-state index contributed by atoms with van der Waals surface area (Å²) in [5.74, 6) is 0.638. The molecule has 0 saturated heterocycles. The lowest BCUT2D eigenvalue weighted by atomic mass is 10.2. The molecule has 2 aromatic heterocycles. The fraction of sp³-hybridized carbons (Fsp3) is 0.0714. The van der Waals surface area contributed by atoms with Crippen LogP contribution in [0.1, 0.15) is 0 Å². The lowest BCUT2D eigenvalue weighted by molar-refractivity contribution is 0.417. The Morgan fingerprint density at radius 1 is 1.15 bits per heavy atom. The second-order valence-electron chi connectivity index (χ2n) is 4.19. The van der Waals surface area contributed by atoms with Crippen molar-refractivity contribution in [2.75, 3.05) is 12.8 Å². The number of aromatic nitrogens is 4. The number of pyridine rings is 1. The van der Waals surface area contributed by atoms with Crippen LogP contribution in [-0.4, -0.2) is 27.1 Å². The zero-order valence-corrected chi connectivity index (χ0v) is 10.9. The molecule has 0 amide bonds. The first-order chi connectivity index (χ1) is 9.78. The topological polar surface area (TPSA) is 78.8 Å². The number of methoxy groups -OCH3 is 1. The van der Waals surface area contributed by atoms with Crippen LogP contribution in [0.5, 0.6) is 5.75 Å². The molecule has 6 heteroatoms. The van der Waals surface area contributed by atoms with E-state index in [9.17, 15) is 0 Å². The van der Waals surface area contributed by atoms with Crippen molar-refractivity contribution < 1.29 is 4.74 Å². The second kappa shape index (κ2) is 5.00. The fourth-order valence-electron chi connectivity index (χ4n) is 1.89. The molecule has 0 saturated carbocycles. The molecular formula is C14H13N5O. The highest BCUT2D eigenvalue weighted by Crippen LogP contribution is 2.24. The molecule has 0 atom stereocenters. The van der Waals surface area contributed by atoms with Crippen molar-refractivity contribution in [1.29, 1.82) is 0 Å². The molecule has 2 N–H and O–H groups in total. The molecule has 0 bridgehead atoms. The highest BCUT2D eigenvalue weighted by atomic mass is 16.5. The van der Waals surface area contributed by atoms with Gasteiger partial charge in [-0.05, 0) is 30.3 Å². The summed E-state index contributed by atoms with van der Waals surface area (Å²) in [7, 11) is 1.58. The van der Waals surface area contributed by atoms with Crippen LogP contribution >= 0.6 is 0 Å². The van der Waals surface area contributed by atoms with Crippen LogP contribution in [0.3, 0.4) is 0 Å². The molecule has 0 aliphatic heterocycles. The first-order valence-corrected chi connectivity index (χ1v) is 6.05. The monoisotopic (exact) mass is 267 g/mol. The Kier molecular flexibility index (Phi) is 3.04. The summed E-state index contributed by atoms with van der Waals surface area (Å²) < 4.78 is 6.78. The Labute approximate surface area is 115 Å². The van der Waals surface area contributed by atoms with E-state index in [0.29, 0.717) is 17.1 Å². The van der Waals surface area contributed by atoms with E-state index in [2.05, 4.69) is 15.3 Å². The van der Waals surface area contributed by atoms with E-state index in [4.69, 9.17) is 10.5 Å². The Morgan fingerprint density at radius 3 is 2.75 bits per heavy atom. The fourth-order valence-corrected chi connectivity index (χ4v) is 1.89. The number of hydrogen-bond donors (Lipinski definition) is 1. The van der Waals surface area contributed by atoms with Crippen molar-refractivity contribution in [3.63, 3.8) is 0 Å². The summed E-state index contributed by atoms with van der Waals surface area (Å²) in [6.45, 7) is 0. The normalized spacial score (nSPS) is 10.4. The molecule has 2 heterocycles. The van der Waals surface area contributed by atoms with Crippen LogP contribution in [-0.2, 0) is 0 Å². The smallest absolute Gasteiger partial charge is 0.141 e. The van der Waals surface area contributed by atoms with Gasteiger partial charge in [0.15, 0.2) is 0 Å². The van der Waals surface area contributed by atoms with Crippen molar-refractivity contribution in [3.8, 4) is 22.8 Å². The van der Waals surface area contributed by atoms with E-state index in [-0.39, 0.29) is 0 Å². The molecule has 100 valence electrons. The van der Waals surface area contributed by atoms with Crippen LogP contribution in [0.2, 0.25) is 0 Å². The third kappa shape index (κ3) is 2.18. The van der Waals surface area contributed by atoms with Gasteiger partial charge in [0.2, 0.25) is 0 Å². The van der Waals surface area contributed by atoms with Gasteiger partial charge < -0.3 is 10.5 Å². The molecular weight excluding hydrogens is 254 g/mol. The number of nitrogens with two attached hydrogens (primary N) is 1. The second-order valence-corrected chi connectivity index (χ2v) is 4.19. The van der Waals surface area contributed by atoms with Gasteiger partial charge in [-0.25, -0.2) is 4.68 Å². The van der Waals surface area contributed by atoms with Crippen molar-refractivity contribution >= 4 is 5.69 Å². The van der Waals surface area contributed by atoms with Gasteiger partial charge in [-0.3, -0.25) is 4.98 Å². The van der Waals surface area contributed by atoms with Crippen LogP contribution in [0.4, 0.5) is 5.69 Å². The lowest BCUT2D eigenvalue weighted by Crippen LogP contribution is -1.98. The van der Waals surface area contributed by atoms with E-state index >= 15 is 0 Å². The van der Waals surface area contributed by atoms with Gasteiger partial charge in [0.1, 0.15) is 11.4 Å². The molecule has 0 spiro atoms. The highest BCUT2D eigenvalue weighted by molar-refractivity contribution is 5.59. The standard InChI is InChI=1S/C14H13N5O/c1-20-14-6-5-10(8-11(14)15)19-9-13(17-18-19)12-4-2-3-7-16-12/h2-9H,15H2,1H3. The Balaban J connectivity index is 1.96. The molecule has 1 aromatic carbocycles. The minimum Gasteiger partial charge on any atom is -0.495 e. The van der Waals surface area contributed by atoms with Crippen LogP contribution < -0.4 is 10.5 Å². The summed E-state index contributed by atoms with van der Waals surface area (Å²) in [4.78, 5) is 4.24. The molecule has 0 unspecified atom stereocenters. The molecule has 0 aliphatic rings. The quantitative estimate of drug-likeness (QED) is 0.733. The SMILES string of the molecule is COc1ccc(-n2cc(-c3ccccn3)nn2)cc1N. The summed E-state index contributed by atoms with van der Waals surface area (Å²) in [6.07, 6.45) is 3.53. The van der Waals surface area contributed by atoms with E-state index < -0.39 is 0 Å². The summed E-state index contributed by atoms with van der Waals surface area (Å²) in [5, 5.41) is 8.20. The largest absolute Gasteiger partial charge is 0.495 e. The number of ether oxygens (including phenoxy) is 1. The predicted octanol–water partition coefficient (Wildman–Crippen LogP) is 1.92. The molecule has 20 heavy (non-hydrogen) atoms. The number of rotatable bonds is 3. The van der Waals surface area contributed by atoms with Gasteiger partial charge in [-0.1, -0.05) is 11.3 Å². The summed E-state index contributed by atoms with van der Waals surface area (Å²) >= 11 is 0. The number of nitrogens with zero attached hydrogens (tertiary/aromatic N) is 4. The maximum absolute atomic E-state index is 5.89. The summed E-state index contributed by atoms with van der Waals surface area (Å²) in [5.41, 5.74) is 8.75. The number of anilines is 1. The Bertz CT molecular complexity index is 723. The molecule has 0 aliphatic carbocycles. The van der Waals surface area contributed by atoms with E-state index in [1.165, 1.54) is 0 Å². The van der Waals surface area contributed by atoms with Crippen molar-refractivity contribution in [2.45, 2.75) is 0 Å². The Morgan fingerprint density at radius 2 is 2.05 bits per heavy atom. The molecule has 3 rings (SSSR count). The zero-order chi connectivity index (χ0) is 13.9. The van der Waals surface area contributed by atoms with Gasteiger partial charge in [0.25, 0.3) is 0 Å². The third-order valence-electron chi connectivity index (χ3n) is 2.90. The van der Waals surface area contributed by atoms with E-state index in [1.807, 2.05) is 30.5 Å². The van der Waals surface area contributed by atoms with Gasteiger partial charge in [0.05, 0.1) is 30.4 Å². The van der Waals surface area contributed by atoms with Crippen LogP contribution in [0.15, 0.2) is 48.8 Å². The van der Waals surface area contributed by atoms with Crippen LogP contribution in [0.25, 0.3) is 17.1 Å². The van der Waals surface area contributed by atoms with Crippen LogP contribution in [0, 0.1) is 0 Å². The number of benzene rings is 1.